The Hall–Kier alpha value is -1.82. The lowest BCUT2D eigenvalue weighted by Gasteiger charge is -2.12. The number of carbonyl (C=O) groups excluding carboxylic acids is 1. The minimum Gasteiger partial charge on any atom is -0.321 e. The number of anilines is 1. The van der Waals surface area contributed by atoms with Gasteiger partial charge in [-0.05, 0) is 59.1 Å². The number of hydrogen-bond acceptors (Lipinski definition) is 1. The fourth-order valence-electron chi connectivity index (χ4n) is 1.96. The van der Waals surface area contributed by atoms with Gasteiger partial charge < -0.3 is 5.32 Å². The highest BCUT2D eigenvalue weighted by molar-refractivity contribution is 9.10. The van der Waals surface area contributed by atoms with Crippen LogP contribution < -0.4 is 5.32 Å². The van der Waals surface area contributed by atoms with Crippen LogP contribution in [0.2, 0.25) is 0 Å². The summed E-state index contributed by atoms with van der Waals surface area (Å²) in [6.07, 6.45) is 0. The van der Waals surface area contributed by atoms with Crippen molar-refractivity contribution in [1.82, 2.24) is 0 Å². The zero-order valence-corrected chi connectivity index (χ0v) is 12.8. The molecule has 0 aliphatic carbocycles. The van der Waals surface area contributed by atoms with Gasteiger partial charge in [-0.25, -0.2) is 13.2 Å². The van der Waals surface area contributed by atoms with Crippen molar-refractivity contribution in [2.24, 2.45) is 0 Å². The van der Waals surface area contributed by atoms with Crippen molar-refractivity contribution in [2.75, 3.05) is 5.32 Å². The molecule has 0 heterocycles. The Labute approximate surface area is 128 Å². The second-order valence-electron chi connectivity index (χ2n) is 4.62. The minimum atomic E-state index is -1.66. The van der Waals surface area contributed by atoms with Crippen LogP contribution in [0.15, 0.2) is 28.7 Å². The van der Waals surface area contributed by atoms with Crippen molar-refractivity contribution in [3.8, 4) is 0 Å². The highest BCUT2D eigenvalue weighted by atomic mass is 79.9. The van der Waals surface area contributed by atoms with Crippen LogP contribution in [0.1, 0.15) is 21.5 Å². The van der Waals surface area contributed by atoms with Gasteiger partial charge in [0.15, 0.2) is 17.5 Å². The predicted molar refractivity (Wildman–Crippen MR) is 77.9 cm³/mol. The number of amides is 1. The molecular weight excluding hydrogens is 347 g/mol. The molecule has 1 amide bonds. The Kier molecular flexibility index (Phi) is 4.37. The van der Waals surface area contributed by atoms with Gasteiger partial charge in [0.1, 0.15) is 0 Å². The second-order valence-corrected chi connectivity index (χ2v) is 5.47. The molecular formula is C15H11BrF3NO. The lowest BCUT2D eigenvalue weighted by Crippen LogP contribution is -2.16. The topological polar surface area (TPSA) is 29.1 Å². The molecule has 0 aliphatic heterocycles. The molecule has 6 heteroatoms. The van der Waals surface area contributed by atoms with E-state index in [2.05, 4.69) is 21.2 Å². The molecule has 2 nitrogen and oxygen atoms in total. The molecule has 0 unspecified atom stereocenters. The third-order valence-corrected chi connectivity index (χ3v) is 3.58. The van der Waals surface area contributed by atoms with Crippen molar-refractivity contribution in [1.29, 1.82) is 0 Å². The Morgan fingerprint density at radius 3 is 2.38 bits per heavy atom. The molecule has 0 saturated heterocycles. The number of rotatable bonds is 2. The third-order valence-electron chi connectivity index (χ3n) is 2.95. The van der Waals surface area contributed by atoms with E-state index >= 15 is 0 Å². The minimum absolute atomic E-state index is 0.453. The molecule has 21 heavy (non-hydrogen) atoms. The molecule has 0 bridgehead atoms. The largest absolute Gasteiger partial charge is 0.321 e. The number of carbonyl (C=O) groups is 1. The molecule has 0 aliphatic rings. The maximum atomic E-state index is 13.6. The first-order valence-corrected chi connectivity index (χ1v) is 6.82. The average Bonchev–Trinajstić information content (AvgIpc) is 2.40. The molecule has 0 radical (unpaired) electrons. The van der Waals surface area contributed by atoms with Gasteiger partial charge in [-0.1, -0.05) is 6.07 Å². The Morgan fingerprint density at radius 2 is 1.76 bits per heavy atom. The first-order chi connectivity index (χ1) is 9.81. The molecule has 110 valence electrons. The van der Waals surface area contributed by atoms with E-state index in [9.17, 15) is 18.0 Å². The summed E-state index contributed by atoms with van der Waals surface area (Å²) in [5.74, 6) is -5.36. The van der Waals surface area contributed by atoms with Crippen LogP contribution in [-0.4, -0.2) is 5.91 Å². The summed E-state index contributed by atoms with van der Waals surface area (Å²) in [4.78, 5) is 12.0. The first-order valence-electron chi connectivity index (χ1n) is 6.03. The zero-order valence-electron chi connectivity index (χ0n) is 11.2. The Morgan fingerprint density at radius 1 is 1.10 bits per heavy atom. The molecule has 0 fully saturated rings. The average molecular weight is 358 g/mol. The predicted octanol–water partition coefficient (Wildman–Crippen LogP) is 4.74. The third kappa shape index (κ3) is 3.10. The Balaban J connectivity index is 2.38. The standard InChI is InChI=1S/C15H11BrF3NO/c1-7-5-8(2)14(10(16)6-7)20-15(21)9-3-4-11(17)13(19)12(9)18/h3-6H,1-2H3,(H,20,21). The van der Waals surface area contributed by atoms with E-state index in [1.54, 1.807) is 13.0 Å². The van der Waals surface area contributed by atoms with E-state index in [1.807, 2.05) is 13.0 Å². The van der Waals surface area contributed by atoms with Gasteiger partial charge in [-0.2, -0.15) is 0 Å². The van der Waals surface area contributed by atoms with E-state index in [0.29, 0.717) is 16.2 Å². The SMILES string of the molecule is Cc1cc(C)c(NC(=O)c2ccc(F)c(F)c2F)c(Br)c1. The van der Waals surface area contributed by atoms with Crippen LogP contribution >= 0.6 is 15.9 Å². The molecule has 0 aromatic heterocycles. The van der Waals surface area contributed by atoms with Gasteiger partial charge in [0.2, 0.25) is 0 Å². The van der Waals surface area contributed by atoms with E-state index in [1.165, 1.54) is 0 Å². The highest BCUT2D eigenvalue weighted by Crippen LogP contribution is 2.28. The maximum absolute atomic E-state index is 13.6. The number of nitrogens with one attached hydrogen (secondary N) is 1. The molecule has 2 aromatic carbocycles. The number of benzene rings is 2. The van der Waals surface area contributed by atoms with E-state index in [4.69, 9.17) is 0 Å². The van der Waals surface area contributed by atoms with Crippen LogP contribution in [0.4, 0.5) is 18.9 Å². The van der Waals surface area contributed by atoms with Gasteiger partial charge in [0.25, 0.3) is 5.91 Å². The van der Waals surface area contributed by atoms with Crippen molar-refractivity contribution in [2.45, 2.75) is 13.8 Å². The van der Waals surface area contributed by atoms with Crippen molar-refractivity contribution >= 4 is 27.5 Å². The first kappa shape index (κ1) is 15.6. The monoisotopic (exact) mass is 357 g/mol. The summed E-state index contributed by atoms with van der Waals surface area (Å²) < 4.78 is 40.2. The number of halogens is 4. The van der Waals surface area contributed by atoms with Crippen LogP contribution in [-0.2, 0) is 0 Å². The van der Waals surface area contributed by atoms with Crippen LogP contribution in [0.3, 0.4) is 0 Å². The van der Waals surface area contributed by atoms with Gasteiger partial charge in [-0.15, -0.1) is 0 Å². The van der Waals surface area contributed by atoms with E-state index in [0.717, 1.165) is 17.2 Å². The van der Waals surface area contributed by atoms with Crippen LogP contribution in [0.25, 0.3) is 0 Å². The molecule has 0 saturated carbocycles. The van der Waals surface area contributed by atoms with Crippen LogP contribution in [0.5, 0.6) is 0 Å². The smallest absolute Gasteiger partial charge is 0.258 e. The summed E-state index contributed by atoms with van der Waals surface area (Å²) in [6, 6.07) is 5.23. The van der Waals surface area contributed by atoms with Gasteiger partial charge in [0.05, 0.1) is 11.3 Å². The molecule has 2 rings (SSSR count). The van der Waals surface area contributed by atoms with Crippen molar-refractivity contribution < 1.29 is 18.0 Å². The van der Waals surface area contributed by atoms with Gasteiger partial charge >= 0.3 is 0 Å². The molecule has 2 aromatic rings. The number of aryl methyl sites for hydroxylation is 2. The lowest BCUT2D eigenvalue weighted by atomic mass is 10.1. The zero-order chi connectivity index (χ0) is 15.7. The summed E-state index contributed by atoms with van der Waals surface area (Å²) in [5.41, 5.74) is 1.64. The summed E-state index contributed by atoms with van der Waals surface area (Å²) in [7, 11) is 0. The summed E-state index contributed by atoms with van der Waals surface area (Å²) >= 11 is 3.30. The fraction of sp³-hybridized carbons (Fsp3) is 0.133. The van der Waals surface area contributed by atoms with Crippen molar-refractivity contribution in [3.63, 3.8) is 0 Å². The second kappa shape index (κ2) is 5.89. The maximum Gasteiger partial charge on any atom is 0.258 e. The lowest BCUT2D eigenvalue weighted by molar-refractivity contribution is 0.102. The van der Waals surface area contributed by atoms with E-state index < -0.39 is 28.9 Å². The normalized spacial score (nSPS) is 10.6. The van der Waals surface area contributed by atoms with Gasteiger partial charge in [-0.3, -0.25) is 4.79 Å². The number of hydrogen-bond donors (Lipinski definition) is 1. The van der Waals surface area contributed by atoms with E-state index in [-0.39, 0.29) is 0 Å². The molecule has 1 N–H and O–H groups in total. The summed E-state index contributed by atoms with van der Waals surface area (Å²) in [5, 5.41) is 2.49. The van der Waals surface area contributed by atoms with Crippen LogP contribution in [0, 0.1) is 31.3 Å². The Bertz CT molecular complexity index is 708. The van der Waals surface area contributed by atoms with Crippen molar-refractivity contribution in [3.05, 3.63) is 62.9 Å². The van der Waals surface area contributed by atoms with Gasteiger partial charge in [0, 0.05) is 4.47 Å². The quantitative estimate of drug-likeness (QED) is 0.773. The molecule has 0 spiro atoms. The summed E-state index contributed by atoms with van der Waals surface area (Å²) in [6.45, 7) is 3.66. The highest BCUT2D eigenvalue weighted by Gasteiger charge is 2.20. The fourth-order valence-corrected chi connectivity index (χ4v) is 2.73. The molecule has 0 atom stereocenters.